The number of pyridine rings is 1. The van der Waals surface area contributed by atoms with E-state index in [9.17, 15) is 4.39 Å². The average Bonchev–Trinajstić information content (AvgIpc) is 2.91. The smallest absolute Gasteiger partial charge is 0.141 e. The number of nitrogens with zero attached hydrogens (tertiary/aromatic N) is 1. The summed E-state index contributed by atoms with van der Waals surface area (Å²) in [5, 5.41) is 3.40. The first kappa shape index (κ1) is 14.4. The van der Waals surface area contributed by atoms with Gasteiger partial charge in [-0.25, -0.2) is 4.39 Å². The van der Waals surface area contributed by atoms with Crippen LogP contribution in [-0.4, -0.2) is 24.2 Å². The lowest BCUT2D eigenvalue weighted by Crippen LogP contribution is -2.21. The Morgan fingerprint density at radius 1 is 1.53 bits per heavy atom. The van der Waals surface area contributed by atoms with Crippen LogP contribution in [0.3, 0.4) is 0 Å². The summed E-state index contributed by atoms with van der Waals surface area (Å²) in [5.74, 6) is -0.264. The predicted molar refractivity (Wildman–Crippen MR) is 73.4 cm³/mol. The van der Waals surface area contributed by atoms with Crippen LogP contribution in [0.4, 0.5) is 4.39 Å². The lowest BCUT2D eigenvalue weighted by Gasteiger charge is -2.19. The van der Waals surface area contributed by atoms with Crippen LogP contribution >= 0.6 is 0 Å². The summed E-state index contributed by atoms with van der Waals surface area (Å²) in [6, 6.07) is 1.77. The molecule has 0 spiro atoms. The van der Waals surface area contributed by atoms with Crippen molar-refractivity contribution in [3.05, 3.63) is 29.8 Å². The van der Waals surface area contributed by atoms with E-state index in [2.05, 4.69) is 17.2 Å². The van der Waals surface area contributed by atoms with E-state index in [1.54, 1.807) is 12.3 Å². The zero-order chi connectivity index (χ0) is 13.5. The summed E-state index contributed by atoms with van der Waals surface area (Å²) in [6.07, 6.45) is 9.01. The highest BCUT2D eigenvalue weighted by atomic mass is 19.1. The summed E-state index contributed by atoms with van der Waals surface area (Å²) < 4.78 is 18.9. The van der Waals surface area contributed by atoms with E-state index < -0.39 is 0 Å². The number of aromatic nitrogens is 1. The molecule has 1 aromatic rings. The molecule has 1 saturated heterocycles. The molecular formula is C15H23FN2O. The van der Waals surface area contributed by atoms with Crippen molar-refractivity contribution >= 4 is 0 Å². The zero-order valence-corrected chi connectivity index (χ0v) is 11.6. The van der Waals surface area contributed by atoms with Gasteiger partial charge in [0.05, 0.1) is 12.3 Å². The Hall–Kier alpha value is -1.00. The van der Waals surface area contributed by atoms with E-state index in [0.717, 1.165) is 38.0 Å². The second-order valence-electron chi connectivity index (χ2n) is 5.11. The Balaban J connectivity index is 1.84. The van der Waals surface area contributed by atoms with Crippen LogP contribution in [0.25, 0.3) is 0 Å². The molecule has 1 aliphatic rings. The van der Waals surface area contributed by atoms with Crippen LogP contribution in [0.15, 0.2) is 18.5 Å². The number of halogens is 1. The average molecular weight is 266 g/mol. The SMILES string of the molecule is CCNC(CCCC1CCCO1)c1cncc(F)c1. The zero-order valence-electron chi connectivity index (χ0n) is 11.6. The fourth-order valence-corrected chi connectivity index (χ4v) is 2.67. The molecule has 106 valence electrons. The molecule has 0 aliphatic carbocycles. The summed E-state index contributed by atoms with van der Waals surface area (Å²) in [6.45, 7) is 3.86. The van der Waals surface area contributed by atoms with Crippen molar-refractivity contribution in [2.24, 2.45) is 0 Å². The van der Waals surface area contributed by atoms with E-state index in [1.807, 2.05) is 0 Å². The highest BCUT2D eigenvalue weighted by Gasteiger charge is 2.17. The molecule has 0 saturated carbocycles. The van der Waals surface area contributed by atoms with Crippen molar-refractivity contribution < 1.29 is 9.13 Å². The van der Waals surface area contributed by atoms with E-state index in [0.29, 0.717) is 6.10 Å². The van der Waals surface area contributed by atoms with E-state index in [4.69, 9.17) is 4.74 Å². The van der Waals surface area contributed by atoms with E-state index >= 15 is 0 Å². The molecule has 0 bridgehead atoms. The molecule has 1 fully saturated rings. The third-order valence-electron chi connectivity index (χ3n) is 3.62. The fraction of sp³-hybridized carbons (Fsp3) is 0.667. The highest BCUT2D eigenvalue weighted by Crippen LogP contribution is 2.23. The summed E-state index contributed by atoms with van der Waals surface area (Å²) in [7, 11) is 0. The molecule has 1 N–H and O–H groups in total. The van der Waals surface area contributed by atoms with E-state index in [1.165, 1.54) is 19.0 Å². The Kier molecular flexibility index (Phi) is 5.73. The van der Waals surface area contributed by atoms with Gasteiger partial charge in [0.15, 0.2) is 0 Å². The molecule has 0 radical (unpaired) electrons. The van der Waals surface area contributed by atoms with Gasteiger partial charge in [-0.3, -0.25) is 4.98 Å². The third-order valence-corrected chi connectivity index (χ3v) is 3.62. The van der Waals surface area contributed by atoms with Gasteiger partial charge in [0, 0.05) is 18.8 Å². The highest BCUT2D eigenvalue weighted by molar-refractivity contribution is 5.15. The van der Waals surface area contributed by atoms with Gasteiger partial charge in [-0.05, 0) is 50.3 Å². The van der Waals surface area contributed by atoms with Gasteiger partial charge in [-0.1, -0.05) is 6.92 Å². The van der Waals surface area contributed by atoms with Gasteiger partial charge < -0.3 is 10.1 Å². The van der Waals surface area contributed by atoms with Gasteiger partial charge in [-0.2, -0.15) is 0 Å². The van der Waals surface area contributed by atoms with Crippen LogP contribution in [0.5, 0.6) is 0 Å². The van der Waals surface area contributed by atoms with Crippen LogP contribution < -0.4 is 5.32 Å². The maximum Gasteiger partial charge on any atom is 0.141 e. The van der Waals surface area contributed by atoms with Crippen molar-refractivity contribution in [3.8, 4) is 0 Å². The van der Waals surface area contributed by atoms with Crippen LogP contribution in [0.1, 0.15) is 50.6 Å². The molecule has 19 heavy (non-hydrogen) atoms. The van der Waals surface area contributed by atoms with Crippen LogP contribution in [0, 0.1) is 5.82 Å². The summed E-state index contributed by atoms with van der Waals surface area (Å²) in [5.41, 5.74) is 0.939. The molecular weight excluding hydrogens is 243 g/mol. The third kappa shape index (κ3) is 4.55. The van der Waals surface area contributed by atoms with Gasteiger partial charge >= 0.3 is 0 Å². The first-order chi connectivity index (χ1) is 9.29. The molecule has 2 atom stereocenters. The first-order valence-corrected chi connectivity index (χ1v) is 7.25. The minimum Gasteiger partial charge on any atom is -0.378 e. The largest absolute Gasteiger partial charge is 0.378 e. The lowest BCUT2D eigenvalue weighted by molar-refractivity contribution is 0.101. The quantitative estimate of drug-likeness (QED) is 0.822. The van der Waals surface area contributed by atoms with Crippen molar-refractivity contribution in [1.82, 2.24) is 10.3 Å². The van der Waals surface area contributed by atoms with E-state index in [-0.39, 0.29) is 11.9 Å². The maximum atomic E-state index is 13.2. The number of rotatable bonds is 7. The molecule has 4 heteroatoms. The summed E-state index contributed by atoms with van der Waals surface area (Å²) in [4.78, 5) is 3.93. The second-order valence-corrected chi connectivity index (χ2v) is 5.11. The van der Waals surface area contributed by atoms with Crippen LogP contribution in [-0.2, 0) is 4.74 Å². The van der Waals surface area contributed by atoms with Gasteiger partial charge in [0.2, 0.25) is 0 Å². The minimum atomic E-state index is -0.264. The Morgan fingerprint density at radius 3 is 3.11 bits per heavy atom. The Morgan fingerprint density at radius 2 is 2.42 bits per heavy atom. The van der Waals surface area contributed by atoms with Crippen molar-refractivity contribution in [2.75, 3.05) is 13.2 Å². The number of hydrogen-bond donors (Lipinski definition) is 1. The molecule has 0 aromatic carbocycles. The number of ether oxygens (including phenoxy) is 1. The molecule has 2 heterocycles. The molecule has 3 nitrogen and oxygen atoms in total. The fourth-order valence-electron chi connectivity index (χ4n) is 2.67. The predicted octanol–water partition coefficient (Wildman–Crippen LogP) is 3.22. The number of nitrogens with one attached hydrogen (secondary N) is 1. The first-order valence-electron chi connectivity index (χ1n) is 7.25. The topological polar surface area (TPSA) is 34.1 Å². The monoisotopic (exact) mass is 266 g/mol. The molecule has 1 aromatic heterocycles. The summed E-state index contributed by atoms with van der Waals surface area (Å²) >= 11 is 0. The van der Waals surface area contributed by atoms with Gasteiger partial charge in [0.1, 0.15) is 5.82 Å². The van der Waals surface area contributed by atoms with Crippen molar-refractivity contribution in [1.29, 1.82) is 0 Å². The van der Waals surface area contributed by atoms with Crippen LogP contribution in [0.2, 0.25) is 0 Å². The van der Waals surface area contributed by atoms with Crippen molar-refractivity contribution in [2.45, 2.75) is 51.2 Å². The molecule has 2 unspecified atom stereocenters. The lowest BCUT2D eigenvalue weighted by atomic mass is 10.0. The molecule has 0 amide bonds. The number of hydrogen-bond acceptors (Lipinski definition) is 3. The molecule has 1 aliphatic heterocycles. The standard InChI is InChI=1S/C15H23FN2O/c1-2-18-15(12-9-13(16)11-17-10-12)7-3-5-14-6-4-8-19-14/h9-11,14-15,18H,2-8H2,1H3. The minimum absolute atomic E-state index is 0.189. The Bertz CT molecular complexity index is 380. The maximum absolute atomic E-state index is 13.2. The van der Waals surface area contributed by atoms with Crippen molar-refractivity contribution in [3.63, 3.8) is 0 Å². The van der Waals surface area contributed by atoms with Gasteiger partial charge in [-0.15, -0.1) is 0 Å². The Labute approximate surface area is 114 Å². The van der Waals surface area contributed by atoms with Gasteiger partial charge in [0.25, 0.3) is 0 Å². The normalized spacial score (nSPS) is 20.6. The molecule has 2 rings (SSSR count). The second kappa shape index (κ2) is 7.56.